The Kier molecular flexibility index (Phi) is 13.3. The van der Waals surface area contributed by atoms with Gasteiger partial charge in [0.05, 0.1) is 52.5 Å². The maximum absolute atomic E-state index is 14.3. The van der Waals surface area contributed by atoms with E-state index in [2.05, 4.69) is 5.32 Å². The number of esters is 2. The highest BCUT2D eigenvalue weighted by molar-refractivity contribution is 6.31. The first-order valence-corrected chi connectivity index (χ1v) is 19.3. The van der Waals surface area contributed by atoms with Gasteiger partial charge in [0, 0.05) is 61.8 Å². The highest BCUT2D eigenvalue weighted by Gasteiger charge is 2.52. The standard InChI is InChI=1S/C45H51NO13/c1-21-14-16-29(17-15-21)44(54)58-40-27(7)41-35-33-31(48)20-30(38(51)34(33)40)46-43(53)23(3)13-11-12-22(2)36(49)25(5)37(50)26(6)39(57-28(8)47)24(4)32(55-10)18-19-56-45(9,59-41)42(35)52/h11-20,22,24-26,32,36-37,39,49-50H,1-10H3,(H,46,53)/b12-11+,19-18+,23-13-/t22-,24+,25+,26-,32-,36-,37-,39+,45-/m0/s1. The Labute approximate surface area is 342 Å². The molecule has 9 atom stereocenters. The Balaban J connectivity index is 1.65. The minimum atomic E-state index is -2.11. The van der Waals surface area contributed by atoms with E-state index >= 15 is 0 Å². The molecule has 2 aromatic rings. The average molecular weight is 814 g/mol. The van der Waals surface area contributed by atoms with Crippen molar-refractivity contribution in [1.29, 1.82) is 0 Å². The lowest BCUT2D eigenvalue weighted by Gasteiger charge is -2.38. The van der Waals surface area contributed by atoms with Crippen molar-refractivity contribution >= 4 is 35.2 Å². The lowest BCUT2D eigenvalue weighted by Crippen LogP contribution is -2.46. The predicted molar refractivity (Wildman–Crippen MR) is 214 cm³/mol. The van der Waals surface area contributed by atoms with Crippen LogP contribution in [-0.2, 0) is 23.8 Å². The molecule has 2 aromatic carbocycles. The van der Waals surface area contributed by atoms with E-state index in [4.69, 9.17) is 23.7 Å². The number of fused-ring (bicyclic) bond motifs is 14. The van der Waals surface area contributed by atoms with Crippen molar-refractivity contribution in [2.24, 2.45) is 23.7 Å². The lowest BCUT2D eigenvalue weighted by molar-refractivity contribution is -0.160. The summed E-state index contributed by atoms with van der Waals surface area (Å²) in [5, 5.41) is 25.2. The number of ketones is 3. The summed E-state index contributed by atoms with van der Waals surface area (Å²) in [4.78, 5) is 82.0. The molecule has 1 amide bonds. The number of benzene rings is 2. The van der Waals surface area contributed by atoms with Crippen molar-refractivity contribution in [3.05, 3.63) is 106 Å². The topological polar surface area (TPSA) is 201 Å². The third-order valence-electron chi connectivity index (χ3n) is 11.3. The highest BCUT2D eigenvalue weighted by Crippen LogP contribution is 2.48. The second-order valence-electron chi connectivity index (χ2n) is 15.6. The molecule has 3 heterocycles. The number of hydrogen-bond donors (Lipinski definition) is 3. The van der Waals surface area contributed by atoms with Crippen LogP contribution in [0.25, 0.3) is 0 Å². The van der Waals surface area contributed by atoms with Gasteiger partial charge in [-0.25, -0.2) is 4.79 Å². The summed E-state index contributed by atoms with van der Waals surface area (Å²) in [6.45, 7) is 14.2. The fourth-order valence-electron chi connectivity index (χ4n) is 7.58. The Hall–Kier alpha value is -5.70. The summed E-state index contributed by atoms with van der Waals surface area (Å²) in [5.41, 5.74) is -0.342. The van der Waals surface area contributed by atoms with E-state index in [9.17, 15) is 39.0 Å². The molecular weight excluding hydrogens is 762 g/mol. The molecule has 5 bridgehead atoms. The number of methoxy groups -OCH3 is 1. The van der Waals surface area contributed by atoms with Gasteiger partial charge in [-0.1, -0.05) is 63.6 Å². The van der Waals surface area contributed by atoms with Gasteiger partial charge >= 0.3 is 17.7 Å². The van der Waals surface area contributed by atoms with Gasteiger partial charge in [-0.05, 0) is 39.0 Å². The van der Waals surface area contributed by atoms with Crippen LogP contribution in [0, 0.1) is 37.5 Å². The highest BCUT2D eigenvalue weighted by atomic mass is 16.7. The number of aliphatic hydroxyl groups is 2. The zero-order chi connectivity index (χ0) is 43.7. The molecule has 314 valence electrons. The molecule has 3 aliphatic heterocycles. The summed E-state index contributed by atoms with van der Waals surface area (Å²) < 4.78 is 29.4. The zero-order valence-corrected chi connectivity index (χ0v) is 34.8. The van der Waals surface area contributed by atoms with Crippen LogP contribution in [0.1, 0.15) is 101 Å². The van der Waals surface area contributed by atoms with Crippen molar-refractivity contribution in [3.63, 3.8) is 0 Å². The lowest BCUT2D eigenvalue weighted by atomic mass is 9.78. The van der Waals surface area contributed by atoms with Gasteiger partial charge in [0.15, 0.2) is 5.78 Å². The third-order valence-corrected chi connectivity index (χ3v) is 11.3. The number of nitrogens with one attached hydrogen (secondary N) is 1. The maximum Gasteiger partial charge on any atom is 0.343 e. The zero-order valence-electron chi connectivity index (χ0n) is 34.8. The first kappa shape index (κ1) is 44.4. The molecule has 3 N–H and O–H groups in total. The molecule has 0 saturated heterocycles. The van der Waals surface area contributed by atoms with Gasteiger partial charge in [0.25, 0.3) is 11.7 Å². The SMILES string of the molecule is CO[C@H]1/C=C/O[C@@]2(C)Oc3c(C)c(OC(=O)c4ccc(C)cc4)c4c(c3C2=O)C(=O)C=C(NC(=O)/C(C)=C\C=C\[C@H](C)[C@H](O)[C@@H](C)[C@H](O)[C@H](C)[C@H](OC(C)=O)[C@@H]1C)C4=O. The Morgan fingerprint density at radius 3 is 2.15 bits per heavy atom. The predicted octanol–water partition coefficient (Wildman–Crippen LogP) is 5.45. The first-order valence-electron chi connectivity index (χ1n) is 19.3. The number of amides is 1. The molecule has 59 heavy (non-hydrogen) atoms. The fourth-order valence-corrected chi connectivity index (χ4v) is 7.58. The number of aliphatic hydroxyl groups excluding tert-OH is 2. The molecule has 6 rings (SSSR count). The molecule has 14 nitrogen and oxygen atoms in total. The molecule has 14 heteroatoms. The van der Waals surface area contributed by atoms with Gasteiger partial charge in [-0.2, -0.15) is 0 Å². The molecule has 0 spiro atoms. The Bertz CT molecular complexity index is 2180. The van der Waals surface area contributed by atoms with Gasteiger partial charge < -0.3 is 39.2 Å². The summed E-state index contributed by atoms with van der Waals surface area (Å²) in [5.74, 6) is -9.94. The molecule has 0 unspecified atom stereocenters. The molecular formula is C45H51NO13. The second kappa shape index (κ2) is 17.7. The van der Waals surface area contributed by atoms with E-state index in [0.29, 0.717) is 0 Å². The van der Waals surface area contributed by atoms with Crippen LogP contribution in [0.5, 0.6) is 11.5 Å². The monoisotopic (exact) mass is 813 g/mol. The van der Waals surface area contributed by atoms with E-state index in [1.54, 1.807) is 52.0 Å². The number of ether oxygens (including phenoxy) is 5. The number of aryl methyl sites for hydroxylation is 1. The molecule has 0 saturated carbocycles. The number of rotatable bonds is 4. The van der Waals surface area contributed by atoms with Gasteiger partial charge in [-0.15, -0.1) is 0 Å². The Morgan fingerprint density at radius 1 is 0.864 bits per heavy atom. The van der Waals surface area contributed by atoms with Crippen LogP contribution >= 0.6 is 0 Å². The van der Waals surface area contributed by atoms with Crippen molar-refractivity contribution < 1.29 is 62.7 Å². The minimum absolute atomic E-state index is 0.0371. The van der Waals surface area contributed by atoms with Crippen LogP contribution in [0.2, 0.25) is 0 Å². The van der Waals surface area contributed by atoms with E-state index in [0.717, 1.165) is 17.9 Å². The van der Waals surface area contributed by atoms with Crippen molar-refractivity contribution in [3.8, 4) is 11.5 Å². The van der Waals surface area contributed by atoms with Crippen molar-refractivity contribution in [2.75, 3.05) is 7.11 Å². The average Bonchev–Trinajstić information content (AvgIpc) is 3.46. The minimum Gasteiger partial charge on any atom is -0.462 e. The summed E-state index contributed by atoms with van der Waals surface area (Å²) >= 11 is 0. The van der Waals surface area contributed by atoms with Gasteiger partial charge in [0.1, 0.15) is 17.6 Å². The van der Waals surface area contributed by atoms with Gasteiger partial charge in [-0.3, -0.25) is 24.0 Å². The fraction of sp³-hybridized carbons (Fsp3) is 0.422. The smallest absolute Gasteiger partial charge is 0.343 e. The van der Waals surface area contributed by atoms with Crippen LogP contribution in [-0.4, -0.2) is 82.7 Å². The summed E-state index contributed by atoms with van der Waals surface area (Å²) in [7, 11) is 1.42. The molecule has 0 aromatic heterocycles. The normalized spacial score (nSPS) is 30.8. The van der Waals surface area contributed by atoms with Crippen molar-refractivity contribution in [2.45, 2.75) is 92.5 Å². The molecule has 0 radical (unpaired) electrons. The van der Waals surface area contributed by atoms with Crippen LogP contribution in [0.4, 0.5) is 0 Å². The Morgan fingerprint density at radius 2 is 1.53 bits per heavy atom. The van der Waals surface area contributed by atoms with E-state index in [-0.39, 0.29) is 33.8 Å². The van der Waals surface area contributed by atoms with E-state index in [1.807, 2.05) is 6.92 Å². The van der Waals surface area contributed by atoms with Crippen LogP contribution in [0.15, 0.2) is 72.2 Å². The molecule has 4 aliphatic rings. The summed E-state index contributed by atoms with van der Waals surface area (Å²) in [6.07, 6.45) is 4.19. The second-order valence-corrected chi connectivity index (χ2v) is 15.6. The number of allylic oxidation sites excluding steroid dienone is 4. The molecule has 1 aliphatic carbocycles. The maximum atomic E-state index is 14.3. The van der Waals surface area contributed by atoms with E-state index < -0.39 is 106 Å². The largest absolute Gasteiger partial charge is 0.462 e. The van der Waals surface area contributed by atoms with Crippen LogP contribution in [0.3, 0.4) is 0 Å². The molecule has 0 fully saturated rings. The quantitative estimate of drug-likeness (QED) is 0.260. The van der Waals surface area contributed by atoms with Gasteiger partial charge in [0.2, 0.25) is 5.78 Å². The van der Waals surface area contributed by atoms with E-state index in [1.165, 1.54) is 59.1 Å². The number of carbonyl (C=O) groups excluding carboxylic acids is 6. The first-order chi connectivity index (χ1) is 27.7. The van der Waals surface area contributed by atoms with Crippen LogP contribution < -0.4 is 14.8 Å². The summed E-state index contributed by atoms with van der Waals surface area (Å²) in [6, 6.07) is 6.46. The van der Waals surface area contributed by atoms with Crippen molar-refractivity contribution in [1.82, 2.24) is 5.32 Å². The number of Topliss-reactive ketones (excluding diaryl/α,β-unsaturated/α-hetero) is 2. The number of hydrogen-bond acceptors (Lipinski definition) is 13. The third kappa shape index (κ3) is 8.85. The number of carbonyl (C=O) groups is 6.